The van der Waals surface area contributed by atoms with Crippen LogP contribution in [0.15, 0.2) is 73.1 Å². The van der Waals surface area contributed by atoms with Gasteiger partial charge in [0.25, 0.3) is 5.91 Å². The lowest BCUT2D eigenvalue weighted by atomic mass is 9.93. The first-order valence-electron chi connectivity index (χ1n) is 16.9. The van der Waals surface area contributed by atoms with Gasteiger partial charge in [-0.1, -0.05) is 35.6 Å². The summed E-state index contributed by atoms with van der Waals surface area (Å²) in [6.45, 7) is 3.26. The Hall–Kier alpha value is -5.85. The number of aryl methyl sites for hydroxylation is 1. The first-order valence-corrected chi connectivity index (χ1v) is 16.9. The summed E-state index contributed by atoms with van der Waals surface area (Å²) < 4.78 is 35.3. The van der Waals surface area contributed by atoms with E-state index in [-0.39, 0.29) is 30.3 Å². The fourth-order valence-corrected chi connectivity index (χ4v) is 7.02. The number of fused-ring (bicyclic) bond motifs is 1. The second-order valence-corrected chi connectivity index (χ2v) is 12.5. The number of amides is 2. The summed E-state index contributed by atoms with van der Waals surface area (Å²) >= 11 is 0. The number of nitrogens with zero attached hydrogens (tertiary/aromatic N) is 6. The molecule has 1 N–H and O–H groups in total. The van der Waals surface area contributed by atoms with Gasteiger partial charge in [0.1, 0.15) is 28.6 Å². The fourth-order valence-electron chi connectivity index (χ4n) is 7.02. The summed E-state index contributed by atoms with van der Waals surface area (Å²) in [5, 5.41) is 8.31. The molecule has 1 fully saturated rings. The van der Waals surface area contributed by atoms with Gasteiger partial charge < -0.3 is 33.9 Å². The van der Waals surface area contributed by atoms with Crippen molar-refractivity contribution in [3.05, 3.63) is 90.1 Å². The number of aromatic amines is 1. The third-order valence-electron chi connectivity index (χ3n) is 9.64. The summed E-state index contributed by atoms with van der Waals surface area (Å²) in [5.41, 5.74) is 3.93. The molecule has 0 spiro atoms. The molecule has 0 aliphatic carbocycles. The molecule has 1 saturated heterocycles. The number of hydrogen-bond acceptors (Lipinski definition) is 8. The van der Waals surface area contributed by atoms with Crippen LogP contribution in [0, 0.1) is 5.82 Å². The van der Waals surface area contributed by atoms with Gasteiger partial charge in [0, 0.05) is 68.4 Å². The van der Waals surface area contributed by atoms with Crippen molar-refractivity contribution < 1.29 is 28.2 Å². The molecule has 2 amide bonds. The van der Waals surface area contributed by atoms with Crippen LogP contribution in [0.2, 0.25) is 0 Å². The Morgan fingerprint density at radius 1 is 0.843 bits per heavy atom. The molecule has 5 aromatic rings. The van der Waals surface area contributed by atoms with Crippen LogP contribution in [-0.4, -0.2) is 102 Å². The number of H-pyrrole nitrogens is 1. The van der Waals surface area contributed by atoms with E-state index in [2.05, 4.69) is 20.2 Å². The van der Waals surface area contributed by atoms with Crippen LogP contribution < -0.4 is 19.1 Å². The summed E-state index contributed by atoms with van der Waals surface area (Å²) in [5.74, 6) is 1.29. The number of anilines is 1. The molecule has 12 nitrogen and oxygen atoms in total. The highest BCUT2D eigenvalue weighted by Gasteiger charge is 2.29. The minimum atomic E-state index is -0.473. The molecule has 2 aromatic heterocycles. The van der Waals surface area contributed by atoms with Gasteiger partial charge in [0.15, 0.2) is 5.82 Å². The van der Waals surface area contributed by atoms with E-state index in [1.165, 1.54) is 0 Å². The van der Waals surface area contributed by atoms with Gasteiger partial charge in [-0.2, -0.15) is 0 Å². The maximum Gasteiger partial charge on any atom is 0.270 e. The van der Waals surface area contributed by atoms with E-state index in [1.807, 2.05) is 54.6 Å². The van der Waals surface area contributed by atoms with Crippen molar-refractivity contribution in [3.63, 3.8) is 0 Å². The van der Waals surface area contributed by atoms with Gasteiger partial charge in [-0.15, -0.1) is 5.10 Å². The minimum absolute atomic E-state index is 0.0421. The Balaban J connectivity index is 1.19. The molecule has 0 bridgehead atoms. The Morgan fingerprint density at radius 3 is 2.27 bits per heavy atom. The van der Waals surface area contributed by atoms with Crippen LogP contribution in [0.1, 0.15) is 28.9 Å². The average Bonchev–Trinajstić information content (AvgIpc) is 3.88. The Morgan fingerprint density at radius 2 is 1.57 bits per heavy atom. The third kappa shape index (κ3) is 6.58. The third-order valence-corrected chi connectivity index (χ3v) is 9.64. The van der Waals surface area contributed by atoms with E-state index < -0.39 is 5.82 Å². The average molecular weight is 694 g/mol. The van der Waals surface area contributed by atoms with Crippen molar-refractivity contribution in [1.82, 2.24) is 29.8 Å². The van der Waals surface area contributed by atoms with Crippen molar-refractivity contribution in [2.75, 3.05) is 65.5 Å². The summed E-state index contributed by atoms with van der Waals surface area (Å²) in [6.07, 6.45) is 6.13. The number of rotatable bonds is 10. The maximum atomic E-state index is 16.7. The molecule has 2 aliphatic heterocycles. The number of para-hydroxylation sites is 2. The quantitative estimate of drug-likeness (QED) is 0.211. The zero-order chi connectivity index (χ0) is 35.5. The number of halogens is 1. The Bertz CT molecular complexity index is 2060. The number of methoxy groups -OCH3 is 3. The molecule has 4 heterocycles. The minimum Gasteiger partial charge on any atom is -0.496 e. The number of carbonyl (C=O) groups excluding carboxylic acids is 2. The Kier molecular flexibility index (Phi) is 9.60. The molecule has 0 radical (unpaired) electrons. The van der Waals surface area contributed by atoms with Gasteiger partial charge in [0.2, 0.25) is 5.91 Å². The van der Waals surface area contributed by atoms with Crippen molar-refractivity contribution in [2.24, 2.45) is 0 Å². The first kappa shape index (κ1) is 33.6. The van der Waals surface area contributed by atoms with Crippen LogP contribution in [0.4, 0.5) is 10.1 Å². The second kappa shape index (κ2) is 14.6. The van der Waals surface area contributed by atoms with Crippen LogP contribution in [0.25, 0.3) is 27.6 Å². The molecule has 0 saturated carbocycles. The van der Waals surface area contributed by atoms with E-state index in [9.17, 15) is 9.59 Å². The largest absolute Gasteiger partial charge is 0.496 e. The SMILES string of the molecule is COc1ccccc1-c1cc(C2=CCCN(C(=O)CCn3ccnn3)C2)c(F)c2[nH]c(C(=O)N3CCN(c4c(OC)cccc4OC)CC3)cc12. The van der Waals surface area contributed by atoms with Crippen LogP contribution in [0.5, 0.6) is 17.2 Å². The summed E-state index contributed by atoms with van der Waals surface area (Å²) in [4.78, 5) is 36.0. The van der Waals surface area contributed by atoms with E-state index in [0.717, 1.165) is 16.8 Å². The molecule has 13 heteroatoms. The molecule has 264 valence electrons. The van der Waals surface area contributed by atoms with Crippen molar-refractivity contribution in [1.29, 1.82) is 0 Å². The van der Waals surface area contributed by atoms with E-state index in [0.29, 0.717) is 85.2 Å². The van der Waals surface area contributed by atoms with Gasteiger partial charge >= 0.3 is 0 Å². The van der Waals surface area contributed by atoms with Gasteiger partial charge in [-0.25, -0.2) is 4.39 Å². The number of hydrogen-bond donors (Lipinski definition) is 1. The van der Waals surface area contributed by atoms with Crippen molar-refractivity contribution in [2.45, 2.75) is 19.4 Å². The van der Waals surface area contributed by atoms with E-state index >= 15 is 4.39 Å². The maximum absolute atomic E-state index is 16.7. The number of carbonyl (C=O) groups is 2. The number of nitrogens with one attached hydrogen (secondary N) is 1. The molecule has 3 aromatic carbocycles. The molecular weight excluding hydrogens is 653 g/mol. The van der Waals surface area contributed by atoms with Gasteiger partial charge in [-0.05, 0) is 47.9 Å². The highest BCUT2D eigenvalue weighted by atomic mass is 19.1. The predicted molar refractivity (Wildman–Crippen MR) is 192 cm³/mol. The summed E-state index contributed by atoms with van der Waals surface area (Å²) in [6, 6.07) is 16.8. The zero-order valence-corrected chi connectivity index (χ0v) is 28.9. The number of benzene rings is 3. The molecule has 7 rings (SSSR count). The lowest BCUT2D eigenvalue weighted by molar-refractivity contribution is -0.131. The van der Waals surface area contributed by atoms with Crippen molar-refractivity contribution in [3.8, 4) is 28.4 Å². The van der Waals surface area contributed by atoms with Crippen LogP contribution in [-0.2, 0) is 11.3 Å². The van der Waals surface area contributed by atoms with E-state index in [1.54, 1.807) is 54.3 Å². The zero-order valence-electron chi connectivity index (χ0n) is 28.9. The van der Waals surface area contributed by atoms with Crippen LogP contribution in [0.3, 0.4) is 0 Å². The smallest absolute Gasteiger partial charge is 0.270 e. The van der Waals surface area contributed by atoms with E-state index in [4.69, 9.17) is 14.2 Å². The van der Waals surface area contributed by atoms with Crippen molar-refractivity contribution >= 4 is 34.0 Å². The number of aromatic nitrogens is 4. The van der Waals surface area contributed by atoms with Gasteiger partial charge in [-0.3, -0.25) is 14.3 Å². The summed E-state index contributed by atoms with van der Waals surface area (Å²) in [7, 11) is 4.85. The Labute approximate surface area is 295 Å². The molecule has 0 unspecified atom stereocenters. The molecular formula is C38H40FN7O5. The lowest BCUT2D eigenvalue weighted by Gasteiger charge is -2.37. The standard InChI is InChI=1S/C38H40FN7O5/c1-49-31-10-5-4-9-26(31)28-22-27(25-8-7-15-45(24-25)34(47)13-16-46-17-14-40-42-46)35(39)36-29(28)23-30(41-36)38(48)44-20-18-43(19-21-44)37-32(50-2)11-6-12-33(37)51-3/h4-6,8-12,14,17,22-23,41H,7,13,15-16,18-21,24H2,1-3H3. The van der Waals surface area contributed by atoms with Crippen LogP contribution >= 0.6 is 0 Å². The monoisotopic (exact) mass is 693 g/mol. The molecule has 0 atom stereocenters. The fraction of sp³-hybridized carbons (Fsp3) is 0.316. The van der Waals surface area contributed by atoms with Gasteiger partial charge in [0.05, 0.1) is 39.6 Å². The highest BCUT2D eigenvalue weighted by Crippen LogP contribution is 2.41. The topological polar surface area (TPSA) is 118 Å². The highest BCUT2D eigenvalue weighted by molar-refractivity contribution is 6.05. The normalized spacial score (nSPS) is 14.8. The molecule has 51 heavy (non-hydrogen) atoms. The second-order valence-electron chi connectivity index (χ2n) is 12.5. The number of ether oxygens (including phenoxy) is 3. The molecule has 2 aliphatic rings. The first-order chi connectivity index (χ1) is 24.9. The number of piperazine rings is 1. The lowest BCUT2D eigenvalue weighted by Crippen LogP contribution is -2.49. The predicted octanol–water partition coefficient (Wildman–Crippen LogP) is 5.26.